The van der Waals surface area contributed by atoms with E-state index in [1.54, 1.807) is 12.4 Å². The van der Waals surface area contributed by atoms with E-state index in [1.165, 1.54) is 0 Å². The molecule has 1 aromatic rings. The van der Waals surface area contributed by atoms with Crippen LogP contribution in [0, 0.1) is 0 Å². The van der Waals surface area contributed by atoms with Gasteiger partial charge in [0.15, 0.2) is 0 Å². The minimum atomic E-state index is -0.0948. The second-order valence-corrected chi connectivity index (χ2v) is 3.96. The fraction of sp³-hybridized carbons (Fsp3) is 0.400. The van der Waals surface area contributed by atoms with Gasteiger partial charge in [-0.1, -0.05) is 0 Å². The van der Waals surface area contributed by atoms with Gasteiger partial charge in [-0.25, -0.2) is 4.98 Å². The average molecular weight is 145 g/mol. The molecule has 52 valence electrons. The summed E-state index contributed by atoms with van der Waals surface area (Å²) in [6.45, 7) is 0. The average Bonchev–Trinajstić information content (AvgIpc) is 2.15. The highest BCUT2D eigenvalue weighted by molar-refractivity contribution is 8.16. The largest absolute Gasteiger partial charge is 0.330 e. The van der Waals surface area contributed by atoms with Crippen LogP contribution in [0.15, 0.2) is 12.4 Å². The van der Waals surface area contributed by atoms with E-state index in [0.29, 0.717) is 0 Å². The minimum Gasteiger partial charge on any atom is -0.330 e. The maximum absolute atomic E-state index is 4.01. The molecular weight excluding hydrogens is 134 g/mol. The van der Waals surface area contributed by atoms with Gasteiger partial charge in [0.05, 0.1) is 0 Å². The predicted octanol–water partition coefficient (Wildman–Crippen LogP) is 0.997. The van der Waals surface area contributed by atoms with Gasteiger partial charge in [-0.05, 0) is 12.5 Å². The summed E-state index contributed by atoms with van der Waals surface area (Å²) in [6.07, 6.45) is 7.82. The molecule has 0 atom stereocenters. The van der Waals surface area contributed by atoms with Crippen LogP contribution in [0.4, 0.5) is 5.95 Å². The van der Waals surface area contributed by atoms with Gasteiger partial charge in [0.2, 0.25) is 5.95 Å². The molecule has 0 spiro atoms. The van der Waals surface area contributed by atoms with Crippen molar-refractivity contribution in [2.24, 2.45) is 0 Å². The van der Waals surface area contributed by atoms with Gasteiger partial charge in [-0.3, -0.25) is 0 Å². The molecule has 0 aliphatic carbocycles. The van der Waals surface area contributed by atoms with Gasteiger partial charge < -0.3 is 9.71 Å². The molecule has 3 nitrogen and oxygen atoms in total. The second-order valence-electron chi connectivity index (χ2n) is 1.94. The van der Waals surface area contributed by atoms with Gasteiger partial charge in [0.1, 0.15) is 0 Å². The highest BCUT2D eigenvalue weighted by Gasteiger charge is 1.90. The van der Waals surface area contributed by atoms with E-state index in [0.717, 1.165) is 5.95 Å². The van der Waals surface area contributed by atoms with Gasteiger partial charge in [-0.2, -0.15) is 11.1 Å². The van der Waals surface area contributed by atoms with E-state index in [-0.39, 0.29) is 11.1 Å². The van der Waals surface area contributed by atoms with Crippen molar-refractivity contribution in [3.05, 3.63) is 12.4 Å². The third-order valence-electron chi connectivity index (χ3n) is 0.828. The van der Waals surface area contributed by atoms with Crippen molar-refractivity contribution in [3.63, 3.8) is 0 Å². The Morgan fingerprint density at radius 2 is 2.44 bits per heavy atom. The number of nitrogens with one attached hydrogen (secondary N) is 2. The zero-order chi connectivity index (χ0) is 6.69. The van der Waals surface area contributed by atoms with Crippen molar-refractivity contribution in [3.8, 4) is 0 Å². The summed E-state index contributed by atoms with van der Waals surface area (Å²) in [7, 11) is 0. The molecule has 0 radical (unpaired) electrons. The van der Waals surface area contributed by atoms with Crippen LogP contribution < -0.4 is 4.72 Å². The van der Waals surface area contributed by atoms with Crippen molar-refractivity contribution in [2.75, 3.05) is 17.2 Å². The Kier molecular flexibility index (Phi) is 2.00. The number of hydrogen-bond acceptors (Lipinski definition) is 2. The Balaban J connectivity index is 2.48. The molecule has 4 heteroatoms. The lowest BCUT2D eigenvalue weighted by Gasteiger charge is -2.08. The van der Waals surface area contributed by atoms with Crippen LogP contribution in [-0.2, 0) is 0 Å². The molecule has 0 saturated heterocycles. The lowest BCUT2D eigenvalue weighted by molar-refractivity contribution is 1.32. The molecule has 0 aliphatic rings. The van der Waals surface area contributed by atoms with Gasteiger partial charge >= 0.3 is 0 Å². The van der Waals surface area contributed by atoms with E-state index in [1.807, 2.05) is 0 Å². The molecule has 1 rings (SSSR count). The van der Waals surface area contributed by atoms with Crippen LogP contribution in [0.2, 0.25) is 0 Å². The van der Waals surface area contributed by atoms with E-state index >= 15 is 0 Å². The van der Waals surface area contributed by atoms with Crippen LogP contribution >= 0.6 is 11.1 Å². The van der Waals surface area contributed by atoms with E-state index in [4.69, 9.17) is 0 Å². The zero-order valence-corrected chi connectivity index (χ0v) is 6.44. The summed E-state index contributed by atoms with van der Waals surface area (Å²) < 4.78 is 3.18. The predicted molar refractivity (Wildman–Crippen MR) is 43.0 cm³/mol. The van der Waals surface area contributed by atoms with Crippen LogP contribution in [0.1, 0.15) is 0 Å². The first-order valence-electron chi connectivity index (χ1n) is 2.72. The molecule has 9 heavy (non-hydrogen) atoms. The first-order valence-corrected chi connectivity index (χ1v) is 4.96. The number of imidazole rings is 1. The van der Waals surface area contributed by atoms with Crippen molar-refractivity contribution in [1.29, 1.82) is 0 Å². The minimum absolute atomic E-state index is 0.0948. The quantitative estimate of drug-likeness (QED) is 0.543. The Hall–Kier alpha value is -0.640. The normalized spacial score (nSPS) is 11.1. The molecule has 0 bridgehead atoms. The van der Waals surface area contributed by atoms with Gasteiger partial charge in [0.25, 0.3) is 0 Å². The molecule has 0 aromatic carbocycles. The second kappa shape index (κ2) is 2.77. The third-order valence-corrected chi connectivity index (χ3v) is 1.49. The van der Waals surface area contributed by atoms with Crippen LogP contribution in [-0.4, -0.2) is 22.5 Å². The van der Waals surface area contributed by atoms with Crippen LogP contribution in [0.5, 0.6) is 0 Å². The SMILES string of the molecule is C[SH](C)Nc1ncc[nH]1. The highest BCUT2D eigenvalue weighted by atomic mass is 32.2. The fourth-order valence-corrected chi connectivity index (χ4v) is 1.08. The van der Waals surface area contributed by atoms with Crippen LogP contribution in [0.25, 0.3) is 0 Å². The molecule has 0 unspecified atom stereocenters. The number of anilines is 1. The Labute approximate surface area is 57.4 Å². The summed E-state index contributed by atoms with van der Waals surface area (Å²) in [5.41, 5.74) is 0. The Morgan fingerprint density at radius 3 is 2.89 bits per heavy atom. The smallest absolute Gasteiger partial charge is 0.208 e. The molecule has 1 aromatic heterocycles. The maximum Gasteiger partial charge on any atom is 0.208 e. The number of aromatic nitrogens is 2. The molecule has 2 N–H and O–H groups in total. The number of thiol groups is 1. The monoisotopic (exact) mass is 145 g/mol. The Morgan fingerprint density at radius 1 is 1.67 bits per heavy atom. The van der Waals surface area contributed by atoms with E-state index < -0.39 is 0 Å². The first-order chi connectivity index (χ1) is 4.29. The summed E-state index contributed by atoms with van der Waals surface area (Å²) in [4.78, 5) is 6.97. The fourth-order valence-electron chi connectivity index (χ4n) is 0.538. The number of rotatable bonds is 2. The first kappa shape index (κ1) is 6.48. The van der Waals surface area contributed by atoms with Gasteiger partial charge in [0, 0.05) is 12.4 Å². The summed E-state index contributed by atoms with van der Waals surface area (Å²) in [5, 5.41) is 0. The van der Waals surface area contributed by atoms with E-state index in [9.17, 15) is 0 Å². The highest BCUT2D eigenvalue weighted by Crippen LogP contribution is 2.13. The molecule has 0 fully saturated rings. The zero-order valence-electron chi connectivity index (χ0n) is 5.55. The van der Waals surface area contributed by atoms with Crippen molar-refractivity contribution in [1.82, 2.24) is 9.97 Å². The molecule has 0 aliphatic heterocycles. The van der Waals surface area contributed by atoms with E-state index in [2.05, 4.69) is 27.2 Å². The van der Waals surface area contributed by atoms with Crippen molar-refractivity contribution < 1.29 is 0 Å². The third kappa shape index (κ3) is 1.97. The standard InChI is InChI=1S/C5H11N3S/c1-9(2)8-5-6-3-4-7-5/h3-4,9H,1-2H3,(H2,6,7,8). The number of aromatic amines is 1. The molecular formula is C5H11N3S. The molecule has 0 amide bonds. The number of nitrogens with zero attached hydrogens (tertiary/aromatic N) is 1. The Bertz CT molecular complexity index is 159. The van der Waals surface area contributed by atoms with Gasteiger partial charge in [-0.15, -0.1) is 0 Å². The summed E-state index contributed by atoms with van der Waals surface area (Å²) in [6, 6.07) is 0. The summed E-state index contributed by atoms with van der Waals surface area (Å²) in [5.74, 6) is 0.867. The maximum atomic E-state index is 4.01. The number of hydrogen-bond donors (Lipinski definition) is 3. The lowest BCUT2D eigenvalue weighted by atomic mass is 11.0. The van der Waals surface area contributed by atoms with Crippen molar-refractivity contribution in [2.45, 2.75) is 0 Å². The van der Waals surface area contributed by atoms with Crippen LogP contribution in [0.3, 0.4) is 0 Å². The molecule has 0 saturated carbocycles. The topological polar surface area (TPSA) is 40.7 Å². The lowest BCUT2D eigenvalue weighted by Crippen LogP contribution is -1.93. The summed E-state index contributed by atoms with van der Waals surface area (Å²) >= 11 is -0.0948. The van der Waals surface area contributed by atoms with Crippen molar-refractivity contribution >= 4 is 17.0 Å². The molecule has 1 heterocycles. The number of H-pyrrole nitrogens is 1.